The summed E-state index contributed by atoms with van der Waals surface area (Å²) < 4.78 is 2.59. The summed E-state index contributed by atoms with van der Waals surface area (Å²) in [5.74, 6) is 2.24. The zero-order chi connectivity index (χ0) is 13.3. The van der Waals surface area contributed by atoms with Gasteiger partial charge >= 0.3 is 0 Å². The molecule has 0 spiro atoms. The Labute approximate surface area is 118 Å². The lowest BCUT2D eigenvalue weighted by Crippen LogP contribution is -2.15. The van der Waals surface area contributed by atoms with Gasteiger partial charge in [-0.25, -0.2) is 0 Å². The van der Waals surface area contributed by atoms with Crippen LogP contribution in [0.5, 0.6) is 0 Å². The third-order valence-electron chi connectivity index (χ3n) is 2.20. The third-order valence-corrected chi connectivity index (χ3v) is 3.73. The molecule has 0 N–H and O–H groups in total. The number of thiazole rings is 1. The summed E-state index contributed by atoms with van der Waals surface area (Å²) in [6, 6.07) is 3.42. The minimum Gasteiger partial charge on any atom is -0.303 e. The zero-order valence-electron chi connectivity index (χ0n) is 9.41. The van der Waals surface area contributed by atoms with Gasteiger partial charge in [-0.15, -0.1) is 6.42 Å². The van der Waals surface area contributed by atoms with E-state index < -0.39 is 0 Å². The first-order valence-corrected chi connectivity index (χ1v) is 6.57. The first kappa shape index (κ1) is 13.2. The number of fused-ring (bicyclic) bond motifs is 1. The summed E-state index contributed by atoms with van der Waals surface area (Å²) in [6.07, 6.45) is 5.33. The number of terminal acetylenes is 1. The fourth-order valence-corrected chi connectivity index (χ4v) is 3.44. The van der Waals surface area contributed by atoms with Gasteiger partial charge in [0.1, 0.15) is 0 Å². The number of hydrogen-bond donors (Lipinski definition) is 0. The van der Waals surface area contributed by atoms with Crippen LogP contribution < -0.4 is 4.80 Å². The third kappa shape index (κ3) is 2.44. The highest BCUT2D eigenvalue weighted by molar-refractivity contribution is 7.16. The molecule has 0 saturated heterocycles. The summed E-state index contributed by atoms with van der Waals surface area (Å²) in [4.78, 5) is 15.6. The number of amides is 1. The van der Waals surface area contributed by atoms with Crippen LogP contribution in [0, 0.1) is 12.3 Å². The highest BCUT2D eigenvalue weighted by atomic mass is 35.5. The molecule has 3 nitrogen and oxygen atoms in total. The lowest BCUT2D eigenvalue weighted by Gasteiger charge is -2.01. The summed E-state index contributed by atoms with van der Waals surface area (Å²) in [6.45, 7) is 1.69. The Morgan fingerprint density at radius 1 is 1.56 bits per heavy atom. The molecule has 0 fully saturated rings. The first-order chi connectivity index (χ1) is 8.52. The number of halogens is 2. The van der Waals surface area contributed by atoms with Crippen LogP contribution in [0.4, 0.5) is 0 Å². The van der Waals surface area contributed by atoms with Gasteiger partial charge in [0.15, 0.2) is 4.80 Å². The predicted octanol–water partition coefficient (Wildman–Crippen LogP) is 3.09. The zero-order valence-corrected chi connectivity index (χ0v) is 11.7. The summed E-state index contributed by atoms with van der Waals surface area (Å²) in [5, 5.41) is 1.03. The van der Waals surface area contributed by atoms with E-state index in [0.29, 0.717) is 21.4 Å². The maximum atomic E-state index is 11.1. The van der Waals surface area contributed by atoms with Crippen molar-refractivity contribution in [2.45, 2.75) is 13.5 Å². The summed E-state index contributed by atoms with van der Waals surface area (Å²) >= 11 is 13.4. The largest absolute Gasteiger partial charge is 0.303 e. The van der Waals surface area contributed by atoms with Crippen LogP contribution in [0.25, 0.3) is 10.2 Å². The van der Waals surface area contributed by atoms with E-state index in [4.69, 9.17) is 29.6 Å². The average Bonchev–Trinajstić information content (AvgIpc) is 2.56. The van der Waals surface area contributed by atoms with E-state index in [9.17, 15) is 4.79 Å². The minimum atomic E-state index is -0.283. The number of aromatic nitrogens is 1. The van der Waals surface area contributed by atoms with Gasteiger partial charge in [0.25, 0.3) is 0 Å². The maximum Gasteiger partial charge on any atom is 0.245 e. The predicted molar refractivity (Wildman–Crippen MR) is 74.9 cm³/mol. The van der Waals surface area contributed by atoms with Crippen LogP contribution in [0.2, 0.25) is 10.0 Å². The van der Waals surface area contributed by atoms with Gasteiger partial charge in [-0.2, -0.15) is 4.99 Å². The topological polar surface area (TPSA) is 34.4 Å². The molecule has 0 atom stereocenters. The van der Waals surface area contributed by atoms with Crippen molar-refractivity contribution < 1.29 is 4.79 Å². The van der Waals surface area contributed by atoms with Crippen molar-refractivity contribution in [1.29, 1.82) is 0 Å². The molecule has 1 heterocycles. The molecule has 18 heavy (non-hydrogen) atoms. The molecule has 6 heteroatoms. The molecule has 0 bridgehead atoms. The molecule has 2 rings (SSSR count). The van der Waals surface area contributed by atoms with E-state index in [-0.39, 0.29) is 5.91 Å². The Kier molecular flexibility index (Phi) is 3.76. The highest BCUT2D eigenvalue weighted by Crippen LogP contribution is 2.29. The van der Waals surface area contributed by atoms with Crippen molar-refractivity contribution >= 4 is 50.7 Å². The molecule has 0 aliphatic carbocycles. The maximum absolute atomic E-state index is 11.1. The molecule has 0 saturated carbocycles. The molecule has 0 radical (unpaired) electrons. The quantitative estimate of drug-likeness (QED) is 0.745. The molecule has 2 aromatic rings. The van der Waals surface area contributed by atoms with E-state index in [1.54, 1.807) is 16.7 Å². The van der Waals surface area contributed by atoms with E-state index in [0.717, 1.165) is 10.2 Å². The van der Waals surface area contributed by atoms with Gasteiger partial charge in [-0.05, 0) is 12.1 Å². The Morgan fingerprint density at radius 2 is 2.28 bits per heavy atom. The molecule has 1 aromatic heterocycles. The van der Waals surface area contributed by atoms with Crippen LogP contribution in [-0.4, -0.2) is 10.5 Å². The average molecular weight is 299 g/mol. The van der Waals surface area contributed by atoms with Crippen LogP contribution in [-0.2, 0) is 11.3 Å². The standard InChI is InChI=1S/C12H8Cl2N2OS/c1-3-4-16-11-9(14)5-8(13)6-10(11)18-12(16)15-7(2)17/h1,5-6H,4H2,2H3. The van der Waals surface area contributed by atoms with Gasteiger partial charge in [-0.1, -0.05) is 40.5 Å². The van der Waals surface area contributed by atoms with Gasteiger partial charge in [0.05, 0.1) is 21.8 Å². The molecule has 1 aromatic carbocycles. The second-order valence-electron chi connectivity index (χ2n) is 3.54. The van der Waals surface area contributed by atoms with Gasteiger partial charge in [0, 0.05) is 11.9 Å². The monoisotopic (exact) mass is 298 g/mol. The number of rotatable bonds is 1. The highest BCUT2D eigenvalue weighted by Gasteiger charge is 2.10. The molecule has 0 unspecified atom stereocenters. The lowest BCUT2D eigenvalue weighted by atomic mass is 10.3. The normalized spacial score (nSPS) is 11.8. The molecule has 92 valence electrons. The first-order valence-electron chi connectivity index (χ1n) is 5.00. The Hall–Kier alpha value is -1.28. The van der Waals surface area contributed by atoms with Crippen LogP contribution in [0.15, 0.2) is 17.1 Å². The van der Waals surface area contributed by atoms with Crippen molar-refractivity contribution in [3.8, 4) is 12.3 Å². The van der Waals surface area contributed by atoms with Crippen LogP contribution in [0.3, 0.4) is 0 Å². The van der Waals surface area contributed by atoms with E-state index in [2.05, 4.69) is 10.9 Å². The number of hydrogen-bond acceptors (Lipinski definition) is 2. The van der Waals surface area contributed by atoms with E-state index >= 15 is 0 Å². The van der Waals surface area contributed by atoms with Gasteiger partial charge < -0.3 is 4.57 Å². The molecule has 0 aliphatic rings. The SMILES string of the molecule is C#CCn1c(=NC(C)=O)sc2cc(Cl)cc(Cl)c21. The van der Waals surface area contributed by atoms with Gasteiger partial charge in [0.2, 0.25) is 5.91 Å². The van der Waals surface area contributed by atoms with Crippen molar-refractivity contribution in [2.24, 2.45) is 4.99 Å². The van der Waals surface area contributed by atoms with E-state index in [1.807, 2.05) is 0 Å². The Morgan fingerprint density at radius 3 is 2.89 bits per heavy atom. The Balaban J connectivity index is 2.89. The molecule has 1 amide bonds. The van der Waals surface area contributed by atoms with Crippen molar-refractivity contribution in [1.82, 2.24) is 4.57 Å². The minimum absolute atomic E-state index is 0.283. The second-order valence-corrected chi connectivity index (χ2v) is 5.39. The fourth-order valence-electron chi connectivity index (χ4n) is 1.59. The molecule has 0 aliphatic heterocycles. The number of benzene rings is 1. The van der Waals surface area contributed by atoms with Crippen LogP contribution >= 0.6 is 34.5 Å². The Bertz CT molecular complexity index is 737. The molecular formula is C12H8Cl2N2OS. The fraction of sp³-hybridized carbons (Fsp3) is 0.167. The number of carbonyl (C=O) groups excluding carboxylic acids is 1. The molecular weight excluding hydrogens is 291 g/mol. The smallest absolute Gasteiger partial charge is 0.245 e. The van der Waals surface area contributed by atoms with Gasteiger partial charge in [-0.3, -0.25) is 4.79 Å². The second kappa shape index (κ2) is 5.15. The van der Waals surface area contributed by atoms with Crippen molar-refractivity contribution in [2.75, 3.05) is 0 Å². The summed E-state index contributed by atoms with van der Waals surface area (Å²) in [7, 11) is 0. The number of nitrogens with zero attached hydrogens (tertiary/aromatic N) is 2. The van der Waals surface area contributed by atoms with Crippen LogP contribution in [0.1, 0.15) is 6.92 Å². The van der Waals surface area contributed by atoms with Crippen molar-refractivity contribution in [3.05, 3.63) is 27.0 Å². The van der Waals surface area contributed by atoms with E-state index in [1.165, 1.54) is 18.3 Å². The van der Waals surface area contributed by atoms with Crippen molar-refractivity contribution in [3.63, 3.8) is 0 Å². The number of carbonyl (C=O) groups is 1. The lowest BCUT2D eigenvalue weighted by molar-refractivity contribution is -0.116. The summed E-state index contributed by atoms with van der Waals surface area (Å²) in [5.41, 5.74) is 0.754.